The Bertz CT molecular complexity index is 755. The second-order valence-electron chi connectivity index (χ2n) is 6.51. The molecule has 0 fully saturated rings. The number of hydrogen-bond acceptors (Lipinski definition) is 5. The Kier molecular flexibility index (Phi) is 6.82. The van der Waals surface area contributed by atoms with Crippen molar-refractivity contribution in [3.8, 4) is 11.5 Å². The van der Waals surface area contributed by atoms with Gasteiger partial charge in [-0.15, -0.1) is 0 Å². The fourth-order valence-electron chi connectivity index (χ4n) is 2.87. The Balaban J connectivity index is 2.33. The smallest absolute Gasteiger partial charge is 0.258 e. The third-order valence-corrected chi connectivity index (χ3v) is 4.39. The van der Waals surface area contributed by atoms with E-state index in [9.17, 15) is 4.79 Å². The molecule has 1 aromatic heterocycles. The number of hydrogen-bond donors (Lipinski definition) is 1. The molecule has 138 valence electrons. The predicted octanol–water partition coefficient (Wildman–Crippen LogP) is 3.34. The van der Waals surface area contributed by atoms with E-state index in [2.05, 4.69) is 35.6 Å². The zero-order valence-electron chi connectivity index (χ0n) is 15.9. The van der Waals surface area contributed by atoms with Gasteiger partial charge in [-0.3, -0.25) is 9.69 Å². The number of fused-ring (bicyclic) bond motifs is 1. The van der Waals surface area contributed by atoms with Crippen LogP contribution in [-0.4, -0.2) is 41.7 Å². The van der Waals surface area contributed by atoms with E-state index < -0.39 is 0 Å². The minimum Gasteiger partial charge on any atom is -0.493 e. The summed E-state index contributed by atoms with van der Waals surface area (Å²) in [5.74, 6) is 1.77. The van der Waals surface area contributed by atoms with E-state index in [0.29, 0.717) is 40.8 Å². The number of nitrogens with one attached hydrogen (secondary N) is 1. The summed E-state index contributed by atoms with van der Waals surface area (Å²) in [7, 11) is 3.13. The zero-order valence-corrected chi connectivity index (χ0v) is 15.9. The first-order chi connectivity index (χ1) is 12.0. The number of rotatable bonds is 9. The first kappa shape index (κ1) is 19.2. The highest BCUT2D eigenvalue weighted by molar-refractivity contribution is 5.81. The van der Waals surface area contributed by atoms with E-state index in [1.54, 1.807) is 26.4 Å². The third-order valence-electron chi connectivity index (χ3n) is 4.39. The van der Waals surface area contributed by atoms with Gasteiger partial charge in [-0.05, 0) is 32.9 Å². The van der Waals surface area contributed by atoms with Crippen LogP contribution in [0.15, 0.2) is 16.9 Å². The first-order valence-corrected chi connectivity index (χ1v) is 8.89. The van der Waals surface area contributed by atoms with Crippen LogP contribution in [0.25, 0.3) is 10.9 Å². The van der Waals surface area contributed by atoms with Crippen molar-refractivity contribution in [2.45, 2.75) is 52.6 Å². The lowest BCUT2D eigenvalue weighted by atomic mass is 10.2. The minimum absolute atomic E-state index is 0.154. The molecule has 25 heavy (non-hydrogen) atoms. The van der Waals surface area contributed by atoms with E-state index in [1.165, 1.54) is 12.8 Å². The van der Waals surface area contributed by atoms with E-state index in [-0.39, 0.29) is 5.56 Å². The zero-order chi connectivity index (χ0) is 18.4. The number of benzene rings is 1. The van der Waals surface area contributed by atoms with Crippen LogP contribution in [0.4, 0.5) is 0 Å². The highest BCUT2D eigenvalue weighted by atomic mass is 16.5. The number of aromatic nitrogens is 2. The van der Waals surface area contributed by atoms with Crippen molar-refractivity contribution in [1.29, 1.82) is 0 Å². The lowest BCUT2D eigenvalue weighted by Gasteiger charge is -2.25. The minimum atomic E-state index is -0.154. The Morgan fingerprint density at radius 2 is 1.84 bits per heavy atom. The highest BCUT2D eigenvalue weighted by Crippen LogP contribution is 2.29. The molecule has 1 N–H and O–H groups in total. The van der Waals surface area contributed by atoms with Gasteiger partial charge in [0, 0.05) is 12.1 Å². The third kappa shape index (κ3) is 4.72. The molecule has 1 heterocycles. The van der Waals surface area contributed by atoms with Crippen molar-refractivity contribution in [2.24, 2.45) is 0 Å². The molecule has 0 atom stereocenters. The summed E-state index contributed by atoms with van der Waals surface area (Å²) in [6, 6.07) is 3.82. The standard InChI is InChI=1S/C19H29N3O3/c1-6-7-8-9-22(13(2)3)12-18-20-15-11-17(25-5)16(24-4)10-14(15)19(23)21-18/h10-11,13H,6-9,12H2,1-5H3,(H,20,21,23). The Hall–Kier alpha value is -2.08. The summed E-state index contributed by atoms with van der Waals surface area (Å²) in [6.45, 7) is 8.15. The number of ether oxygens (including phenoxy) is 2. The first-order valence-electron chi connectivity index (χ1n) is 8.89. The SMILES string of the molecule is CCCCCN(Cc1nc2cc(OC)c(OC)cc2c(=O)[nH]1)C(C)C. The quantitative estimate of drug-likeness (QED) is 0.705. The van der Waals surface area contributed by atoms with Gasteiger partial charge in [0.15, 0.2) is 11.5 Å². The van der Waals surface area contributed by atoms with Crippen molar-refractivity contribution in [2.75, 3.05) is 20.8 Å². The van der Waals surface area contributed by atoms with Gasteiger partial charge < -0.3 is 14.5 Å². The van der Waals surface area contributed by atoms with Gasteiger partial charge in [-0.2, -0.15) is 0 Å². The van der Waals surface area contributed by atoms with Crippen molar-refractivity contribution in [3.63, 3.8) is 0 Å². The van der Waals surface area contributed by atoms with Crippen molar-refractivity contribution < 1.29 is 9.47 Å². The van der Waals surface area contributed by atoms with Crippen molar-refractivity contribution in [1.82, 2.24) is 14.9 Å². The number of aromatic amines is 1. The van der Waals surface area contributed by atoms with Gasteiger partial charge >= 0.3 is 0 Å². The molecule has 0 radical (unpaired) electrons. The molecular formula is C19H29N3O3. The molecule has 0 bridgehead atoms. The monoisotopic (exact) mass is 347 g/mol. The lowest BCUT2D eigenvalue weighted by molar-refractivity contribution is 0.203. The number of methoxy groups -OCH3 is 2. The largest absolute Gasteiger partial charge is 0.493 e. The molecule has 0 spiro atoms. The molecule has 0 aliphatic carbocycles. The van der Waals surface area contributed by atoms with Crippen molar-refractivity contribution >= 4 is 10.9 Å². The van der Waals surface area contributed by atoms with Crippen LogP contribution in [0.3, 0.4) is 0 Å². The molecule has 0 unspecified atom stereocenters. The van der Waals surface area contributed by atoms with Crippen LogP contribution in [0, 0.1) is 0 Å². The van der Waals surface area contributed by atoms with Crippen LogP contribution < -0.4 is 15.0 Å². The molecule has 6 heteroatoms. The van der Waals surface area contributed by atoms with E-state index in [0.717, 1.165) is 13.0 Å². The van der Waals surface area contributed by atoms with Crippen molar-refractivity contribution in [3.05, 3.63) is 28.3 Å². The van der Waals surface area contributed by atoms with Gasteiger partial charge in [0.2, 0.25) is 0 Å². The number of H-pyrrole nitrogens is 1. The van der Waals surface area contributed by atoms with E-state index >= 15 is 0 Å². The van der Waals surface area contributed by atoms with E-state index in [4.69, 9.17) is 9.47 Å². The molecule has 6 nitrogen and oxygen atoms in total. The van der Waals surface area contributed by atoms with Crippen LogP contribution in [0.2, 0.25) is 0 Å². The topological polar surface area (TPSA) is 67.5 Å². The number of nitrogens with zero attached hydrogens (tertiary/aromatic N) is 2. The van der Waals surface area contributed by atoms with Crippen LogP contribution in [0.1, 0.15) is 45.9 Å². The second-order valence-corrected chi connectivity index (χ2v) is 6.51. The Morgan fingerprint density at radius 3 is 2.44 bits per heavy atom. The average Bonchev–Trinajstić information content (AvgIpc) is 2.59. The summed E-state index contributed by atoms with van der Waals surface area (Å²) >= 11 is 0. The predicted molar refractivity (Wildman–Crippen MR) is 101 cm³/mol. The lowest BCUT2D eigenvalue weighted by Crippen LogP contribution is -2.32. The molecule has 0 saturated heterocycles. The summed E-state index contributed by atoms with van der Waals surface area (Å²) < 4.78 is 10.6. The molecule has 0 saturated carbocycles. The maximum Gasteiger partial charge on any atom is 0.258 e. The molecule has 2 aromatic rings. The van der Waals surface area contributed by atoms with Gasteiger partial charge in [0.05, 0.1) is 31.7 Å². The normalized spacial score (nSPS) is 11.5. The maximum absolute atomic E-state index is 12.5. The Morgan fingerprint density at radius 1 is 1.16 bits per heavy atom. The van der Waals surface area contributed by atoms with Gasteiger partial charge in [-0.25, -0.2) is 4.98 Å². The molecule has 1 aromatic carbocycles. The van der Waals surface area contributed by atoms with Gasteiger partial charge in [-0.1, -0.05) is 19.8 Å². The fraction of sp³-hybridized carbons (Fsp3) is 0.579. The fourth-order valence-corrected chi connectivity index (χ4v) is 2.87. The van der Waals surface area contributed by atoms with Gasteiger partial charge in [0.1, 0.15) is 5.82 Å². The average molecular weight is 347 g/mol. The molecule has 0 aliphatic rings. The second kappa shape index (κ2) is 8.85. The summed E-state index contributed by atoms with van der Waals surface area (Å²) in [4.78, 5) is 22.4. The summed E-state index contributed by atoms with van der Waals surface area (Å²) in [6.07, 6.45) is 3.55. The van der Waals surface area contributed by atoms with Crippen LogP contribution in [0.5, 0.6) is 11.5 Å². The molecule has 2 rings (SSSR count). The van der Waals surface area contributed by atoms with Crippen LogP contribution in [-0.2, 0) is 6.54 Å². The van der Waals surface area contributed by atoms with Crippen LogP contribution >= 0.6 is 0 Å². The maximum atomic E-state index is 12.5. The molecule has 0 amide bonds. The van der Waals surface area contributed by atoms with E-state index in [1.807, 2.05) is 0 Å². The number of unbranched alkanes of at least 4 members (excludes halogenated alkanes) is 2. The summed E-state index contributed by atoms with van der Waals surface area (Å²) in [5.41, 5.74) is 0.465. The molecule has 0 aliphatic heterocycles. The molecular weight excluding hydrogens is 318 g/mol. The highest BCUT2D eigenvalue weighted by Gasteiger charge is 2.14. The summed E-state index contributed by atoms with van der Waals surface area (Å²) in [5, 5.41) is 0.503. The Labute approximate surface area is 149 Å². The van der Waals surface area contributed by atoms with Gasteiger partial charge in [0.25, 0.3) is 5.56 Å².